The molecule has 9 heteroatoms. The highest BCUT2D eigenvalue weighted by Crippen LogP contribution is 2.43. The molecule has 0 bridgehead atoms. The van der Waals surface area contributed by atoms with Crippen molar-refractivity contribution in [1.82, 2.24) is 0 Å². The molecule has 0 spiro atoms. The molecule has 0 aliphatic rings. The van der Waals surface area contributed by atoms with Gasteiger partial charge in [-0.3, -0.25) is 13.8 Å². The van der Waals surface area contributed by atoms with Crippen LogP contribution >= 0.6 is 7.82 Å². The maximum Gasteiger partial charge on any atom is 0.472 e. The fraction of sp³-hybridized carbons (Fsp3) is 0.812. The molecule has 0 heterocycles. The van der Waals surface area contributed by atoms with Gasteiger partial charge in [-0.2, -0.15) is 0 Å². The van der Waals surface area contributed by atoms with Crippen LogP contribution in [-0.2, 0) is 27.9 Å². The van der Waals surface area contributed by atoms with Gasteiger partial charge in [-0.15, -0.1) is 0 Å². The number of unbranched alkanes of at least 4 members (excludes halogenated alkanes) is 23. The smallest absolute Gasteiger partial charge is 0.472 e. The Bertz CT molecular complexity index is 1050. The van der Waals surface area contributed by atoms with Crippen molar-refractivity contribution in [2.75, 3.05) is 47.5 Å². The lowest BCUT2D eigenvalue weighted by Crippen LogP contribution is -2.37. The highest BCUT2D eigenvalue weighted by Gasteiger charge is 2.26. The summed E-state index contributed by atoms with van der Waals surface area (Å²) in [5.41, 5.74) is 0. The first-order valence-electron chi connectivity index (χ1n) is 23.4. The van der Waals surface area contributed by atoms with Gasteiger partial charge >= 0.3 is 13.8 Å². The number of carbonyl (C=O) groups excluding carboxylic acids is 1. The van der Waals surface area contributed by atoms with Gasteiger partial charge in [0, 0.05) is 6.42 Å². The van der Waals surface area contributed by atoms with Gasteiger partial charge < -0.3 is 18.9 Å². The number of esters is 1. The summed E-state index contributed by atoms with van der Waals surface area (Å²) in [6.45, 7) is 4.88. The molecule has 334 valence electrons. The van der Waals surface area contributed by atoms with E-state index in [0.29, 0.717) is 17.4 Å². The first-order chi connectivity index (χ1) is 27.6. The quantitative estimate of drug-likeness (QED) is 0.0163. The van der Waals surface area contributed by atoms with Crippen molar-refractivity contribution in [1.29, 1.82) is 0 Å². The maximum atomic E-state index is 12.7. The van der Waals surface area contributed by atoms with Crippen molar-refractivity contribution in [2.45, 2.75) is 206 Å². The summed E-state index contributed by atoms with van der Waals surface area (Å²) < 4.78 is 34.7. The molecule has 0 radical (unpaired) electrons. The number of nitrogens with zero attached hydrogens (tertiary/aromatic N) is 1. The summed E-state index contributed by atoms with van der Waals surface area (Å²) in [7, 11) is 1.61. The van der Waals surface area contributed by atoms with E-state index in [0.717, 1.165) is 32.1 Å². The number of hydrogen-bond donors (Lipinski definition) is 1. The molecular formula is C48H91NO7P+. The molecule has 0 amide bonds. The maximum absolute atomic E-state index is 12.7. The van der Waals surface area contributed by atoms with Crippen molar-refractivity contribution in [3.05, 3.63) is 48.8 Å². The van der Waals surface area contributed by atoms with Crippen LogP contribution in [0.1, 0.15) is 200 Å². The number of hydrogen-bond acceptors (Lipinski definition) is 6. The van der Waals surface area contributed by atoms with Crippen LogP contribution in [0, 0.1) is 0 Å². The third-order valence-electron chi connectivity index (χ3n) is 9.96. The zero-order valence-corrected chi connectivity index (χ0v) is 38.7. The standard InChI is InChI=1S/C48H90NO7P/c1-6-8-10-12-14-16-18-20-22-24-26-28-30-32-34-36-38-40-43-53-45-47(46-55-57(51,52)54-44-42-49(3,4)5)56-48(50)41-39-37-35-33-31-29-27-25-23-21-19-17-15-13-11-9-7-2/h21,23,27,29,33,35,40,43,47H,6-20,22,24-26,28,30-32,34,36-39,41-42,44-46H2,1-5H3/p+1/b23-21+,29-27+,35-33+,43-40+/t47-/m1/s1. The van der Waals surface area contributed by atoms with E-state index in [4.69, 9.17) is 18.5 Å². The normalized spacial score (nSPS) is 14.1. The molecule has 57 heavy (non-hydrogen) atoms. The van der Waals surface area contributed by atoms with Gasteiger partial charge in [0.25, 0.3) is 0 Å². The van der Waals surface area contributed by atoms with Gasteiger partial charge in [-0.25, -0.2) is 4.57 Å². The summed E-state index contributed by atoms with van der Waals surface area (Å²) in [6, 6.07) is 0. The lowest BCUT2D eigenvalue weighted by molar-refractivity contribution is -0.870. The van der Waals surface area contributed by atoms with E-state index in [2.05, 4.69) is 50.3 Å². The number of carbonyl (C=O) groups is 1. The molecule has 8 nitrogen and oxygen atoms in total. The highest BCUT2D eigenvalue weighted by atomic mass is 31.2. The zero-order chi connectivity index (χ0) is 42.0. The topological polar surface area (TPSA) is 91.3 Å². The SMILES string of the molecule is CCCCCCCC/C=C/C/C=C/C/C=C/CCCC(=O)O[C@H](CO/C=C/CCCCCCCCCCCCCCCCCC)COP(=O)(O)OCC[N+](C)(C)C. The molecule has 0 aromatic carbocycles. The first kappa shape index (κ1) is 55.3. The van der Waals surface area contributed by atoms with Crippen LogP contribution in [0.25, 0.3) is 0 Å². The van der Waals surface area contributed by atoms with Gasteiger partial charge in [-0.05, 0) is 57.4 Å². The molecule has 2 atom stereocenters. The lowest BCUT2D eigenvalue weighted by Gasteiger charge is -2.24. The highest BCUT2D eigenvalue weighted by molar-refractivity contribution is 7.47. The summed E-state index contributed by atoms with van der Waals surface area (Å²) in [4.78, 5) is 22.9. The number of phosphoric acid groups is 1. The minimum atomic E-state index is -4.31. The van der Waals surface area contributed by atoms with Crippen molar-refractivity contribution < 1.29 is 37.3 Å². The monoisotopic (exact) mass is 825 g/mol. The first-order valence-corrected chi connectivity index (χ1v) is 24.9. The van der Waals surface area contributed by atoms with Crippen LogP contribution in [0.5, 0.6) is 0 Å². The van der Waals surface area contributed by atoms with Crippen LogP contribution in [0.3, 0.4) is 0 Å². The molecule has 0 saturated carbocycles. The Labute approximate surface area is 352 Å². The Hall–Kier alpha value is -1.70. The Morgan fingerprint density at radius 2 is 0.982 bits per heavy atom. The number of ether oxygens (including phenoxy) is 2. The number of phosphoric ester groups is 1. The van der Waals surface area contributed by atoms with Gasteiger partial charge in [0.05, 0.1) is 34.0 Å². The van der Waals surface area contributed by atoms with Crippen LogP contribution in [0.4, 0.5) is 0 Å². The molecule has 0 saturated heterocycles. The van der Waals surface area contributed by atoms with E-state index in [1.807, 2.05) is 27.2 Å². The third kappa shape index (κ3) is 45.2. The summed E-state index contributed by atoms with van der Waals surface area (Å²) in [6.07, 6.45) is 51.1. The van der Waals surface area contributed by atoms with Crippen LogP contribution in [0.15, 0.2) is 48.8 Å². The molecule has 0 aromatic rings. The Morgan fingerprint density at radius 1 is 0.561 bits per heavy atom. The van der Waals surface area contributed by atoms with E-state index in [9.17, 15) is 14.3 Å². The Balaban J connectivity index is 4.33. The number of allylic oxidation sites excluding steroid dienone is 7. The molecule has 1 N–H and O–H groups in total. The average molecular weight is 825 g/mol. The zero-order valence-electron chi connectivity index (χ0n) is 37.8. The predicted molar refractivity (Wildman–Crippen MR) is 242 cm³/mol. The van der Waals surface area contributed by atoms with E-state index in [1.165, 1.54) is 141 Å². The second-order valence-corrected chi connectivity index (χ2v) is 18.3. The van der Waals surface area contributed by atoms with E-state index in [-0.39, 0.29) is 32.2 Å². The number of likely N-dealkylation sites (N-methyl/N-ethyl adjacent to an activating group) is 1. The largest absolute Gasteiger partial charge is 0.498 e. The van der Waals surface area contributed by atoms with E-state index < -0.39 is 13.9 Å². The number of rotatable bonds is 43. The second kappa shape index (κ2) is 41.1. The van der Waals surface area contributed by atoms with E-state index >= 15 is 0 Å². The van der Waals surface area contributed by atoms with Gasteiger partial charge in [0.15, 0.2) is 6.10 Å². The molecule has 1 unspecified atom stereocenters. The summed E-state index contributed by atoms with van der Waals surface area (Å²) in [5.74, 6) is -0.385. The fourth-order valence-electron chi connectivity index (χ4n) is 6.30. The summed E-state index contributed by atoms with van der Waals surface area (Å²) >= 11 is 0. The van der Waals surface area contributed by atoms with Crippen LogP contribution in [0.2, 0.25) is 0 Å². The van der Waals surface area contributed by atoms with Gasteiger partial charge in [0.1, 0.15) is 19.8 Å². The molecule has 0 rings (SSSR count). The molecule has 0 fully saturated rings. The fourth-order valence-corrected chi connectivity index (χ4v) is 7.04. The minimum Gasteiger partial charge on any atom is -0.498 e. The summed E-state index contributed by atoms with van der Waals surface area (Å²) in [5, 5.41) is 0. The molecular weight excluding hydrogens is 734 g/mol. The Morgan fingerprint density at radius 3 is 1.46 bits per heavy atom. The second-order valence-electron chi connectivity index (χ2n) is 16.9. The van der Waals surface area contributed by atoms with Crippen molar-refractivity contribution in [3.8, 4) is 0 Å². The van der Waals surface area contributed by atoms with Gasteiger partial charge in [-0.1, -0.05) is 179 Å². The van der Waals surface area contributed by atoms with Gasteiger partial charge in [0.2, 0.25) is 0 Å². The third-order valence-corrected chi connectivity index (χ3v) is 10.9. The van der Waals surface area contributed by atoms with Crippen molar-refractivity contribution in [3.63, 3.8) is 0 Å². The van der Waals surface area contributed by atoms with Crippen molar-refractivity contribution in [2.24, 2.45) is 0 Å². The van der Waals surface area contributed by atoms with Crippen molar-refractivity contribution >= 4 is 13.8 Å². The molecule has 0 aromatic heterocycles. The Kier molecular flexibility index (Phi) is 39.8. The van der Waals surface area contributed by atoms with Crippen LogP contribution in [-0.4, -0.2) is 69.0 Å². The number of quaternary nitrogens is 1. The minimum absolute atomic E-state index is 0.0283. The molecule has 0 aliphatic heterocycles. The van der Waals surface area contributed by atoms with Crippen LogP contribution < -0.4 is 0 Å². The predicted octanol–water partition coefficient (Wildman–Crippen LogP) is 14.3. The lowest BCUT2D eigenvalue weighted by atomic mass is 10.0. The van der Waals surface area contributed by atoms with E-state index in [1.54, 1.807) is 6.26 Å². The average Bonchev–Trinajstić information content (AvgIpc) is 3.16. The molecule has 0 aliphatic carbocycles.